The lowest BCUT2D eigenvalue weighted by Crippen LogP contribution is -2.53. The fraction of sp³-hybridized carbons (Fsp3) is 0.471. The second kappa shape index (κ2) is 6.76. The highest BCUT2D eigenvalue weighted by Gasteiger charge is 2.25. The number of aromatic nitrogens is 1. The molecule has 24 heavy (non-hydrogen) atoms. The Kier molecular flexibility index (Phi) is 4.71. The van der Waals surface area contributed by atoms with Gasteiger partial charge in [0.25, 0.3) is 0 Å². The average Bonchev–Trinajstić information content (AvgIpc) is 2.93. The van der Waals surface area contributed by atoms with E-state index >= 15 is 0 Å². The first kappa shape index (κ1) is 16.7. The van der Waals surface area contributed by atoms with E-state index in [1.165, 1.54) is 0 Å². The van der Waals surface area contributed by atoms with Gasteiger partial charge >= 0.3 is 0 Å². The van der Waals surface area contributed by atoms with E-state index in [2.05, 4.69) is 10.3 Å². The van der Waals surface area contributed by atoms with Crippen LogP contribution in [0, 0.1) is 6.92 Å². The maximum Gasteiger partial charge on any atom is 0.244 e. The molecule has 1 aliphatic heterocycles. The molecule has 2 heterocycles. The first-order valence-corrected chi connectivity index (χ1v) is 8.94. The SMILES string of the molecule is CC(=O)N1CCN(C(=O)[C@@H](C)Nc2ccc3nc(C)sc3c2)CC1. The van der Waals surface area contributed by atoms with Gasteiger partial charge in [-0.2, -0.15) is 0 Å². The molecule has 0 radical (unpaired) electrons. The van der Waals surface area contributed by atoms with Gasteiger partial charge in [0.1, 0.15) is 6.04 Å². The lowest BCUT2D eigenvalue weighted by atomic mass is 10.2. The summed E-state index contributed by atoms with van der Waals surface area (Å²) >= 11 is 1.65. The third kappa shape index (κ3) is 3.51. The molecule has 0 unspecified atom stereocenters. The zero-order valence-electron chi connectivity index (χ0n) is 14.2. The second-order valence-electron chi connectivity index (χ2n) is 6.11. The number of nitrogens with one attached hydrogen (secondary N) is 1. The molecule has 1 aromatic heterocycles. The normalized spacial score (nSPS) is 16.3. The van der Waals surface area contributed by atoms with E-state index in [9.17, 15) is 9.59 Å². The highest BCUT2D eigenvalue weighted by atomic mass is 32.1. The van der Waals surface area contributed by atoms with Gasteiger partial charge in [0.2, 0.25) is 11.8 Å². The van der Waals surface area contributed by atoms with Gasteiger partial charge in [-0.3, -0.25) is 9.59 Å². The Hall–Kier alpha value is -2.15. The number of hydrogen-bond acceptors (Lipinski definition) is 5. The van der Waals surface area contributed by atoms with Crippen molar-refractivity contribution in [1.29, 1.82) is 0 Å². The molecule has 1 fully saturated rings. The van der Waals surface area contributed by atoms with E-state index in [4.69, 9.17) is 0 Å². The first-order chi connectivity index (χ1) is 11.4. The van der Waals surface area contributed by atoms with Crippen molar-refractivity contribution >= 4 is 39.1 Å². The Morgan fingerprint density at radius 2 is 1.88 bits per heavy atom. The lowest BCUT2D eigenvalue weighted by molar-refractivity contribution is -0.138. The molecule has 128 valence electrons. The number of fused-ring (bicyclic) bond motifs is 1. The van der Waals surface area contributed by atoms with E-state index in [1.54, 1.807) is 23.2 Å². The molecule has 0 bridgehead atoms. The van der Waals surface area contributed by atoms with Gasteiger partial charge in [-0.15, -0.1) is 11.3 Å². The minimum atomic E-state index is -0.305. The third-order valence-electron chi connectivity index (χ3n) is 4.29. The number of thiazole rings is 1. The molecule has 0 saturated carbocycles. The standard InChI is InChI=1S/C17H22N4O2S/c1-11(17(23)21-8-6-20(7-9-21)13(3)22)18-14-4-5-15-16(10-14)24-12(2)19-15/h4-5,10-11,18H,6-9H2,1-3H3/t11-/m1/s1. The quantitative estimate of drug-likeness (QED) is 0.924. The minimum absolute atomic E-state index is 0.0683. The van der Waals surface area contributed by atoms with Crippen LogP contribution in [0.2, 0.25) is 0 Å². The summed E-state index contributed by atoms with van der Waals surface area (Å²) in [7, 11) is 0. The van der Waals surface area contributed by atoms with Gasteiger partial charge in [0.15, 0.2) is 0 Å². The Balaban J connectivity index is 1.62. The first-order valence-electron chi connectivity index (χ1n) is 8.12. The smallest absolute Gasteiger partial charge is 0.244 e. The molecular weight excluding hydrogens is 324 g/mol. The van der Waals surface area contributed by atoms with Crippen molar-refractivity contribution < 1.29 is 9.59 Å². The number of benzene rings is 1. The van der Waals surface area contributed by atoms with Crippen molar-refractivity contribution in [2.45, 2.75) is 26.8 Å². The van der Waals surface area contributed by atoms with Crippen LogP contribution in [0.1, 0.15) is 18.9 Å². The second-order valence-corrected chi connectivity index (χ2v) is 7.35. The topological polar surface area (TPSA) is 65.5 Å². The monoisotopic (exact) mass is 346 g/mol. The van der Waals surface area contributed by atoms with Crippen LogP contribution in [0.4, 0.5) is 5.69 Å². The van der Waals surface area contributed by atoms with Gasteiger partial charge in [-0.25, -0.2) is 4.98 Å². The maximum absolute atomic E-state index is 12.6. The molecule has 1 N–H and O–H groups in total. The number of rotatable bonds is 3. The summed E-state index contributed by atoms with van der Waals surface area (Å²) in [5.74, 6) is 0.139. The van der Waals surface area contributed by atoms with Crippen molar-refractivity contribution in [1.82, 2.24) is 14.8 Å². The number of carbonyl (C=O) groups is 2. The molecule has 1 saturated heterocycles. The van der Waals surface area contributed by atoms with Gasteiger partial charge in [-0.1, -0.05) is 0 Å². The molecule has 2 aromatic rings. The van der Waals surface area contributed by atoms with Crippen LogP contribution in [0.15, 0.2) is 18.2 Å². The fourth-order valence-corrected chi connectivity index (χ4v) is 3.82. The van der Waals surface area contributed by atoms with Crippen LogP contribution < -0.4 is 5.32 Å². The Bertz CT molecular complexity index is 765. The van der Waals surface area contributed by atoms with Crippen molar-refractivity contribution in [2.75, 3.05) is 31.5 Å². The zero-order valence-corrected chi connectivity index (χ0v) is 15.0. The molecule has 2 amide bonds. The molecule has 3 rings (SSSR count). The predicted octanol–water partition coefficient (Wildman–Crippen LogP) is 2.10. The Labute approximate surface area is 145 Å². The predicted molar refractivity (Wildman–Crippen MR) is 96.3 cm³/mol. The summed E-state index contributed by atoms with van der Waals surface area (Å²) in [6, 6.07) is 5.67. The number of aryl methyl sites for hydroxylation is 1. The van der Waals surface area contributed by atoms with Crippen LogP contribution in [0.5, 0.6) is 0 Å². The summed E-state index contributed by atoms with van der Waals surface area (Å²) in [6.45, 7) is 7.85. The van der Waals surface area contributed by atoms with Gasteiger partial charge < -0.3 is 15.1 Å². The molecule has 1 aromatic carbocycles. The highest BCUT2D eigenvalue weighted by molar-refractivity contribution is 7.18. The summed E-state index contributed by atoms with van der Waals surface area (Å²) in [5.41, 5.74) is 1.91. The van der Waals surface area contributed by atoms with Gasteiger partial charge in [0.05, 0.1) is 15.2 Å². The van der Waals surface area contributed by atoms with Crippen molar-refractivity contribution in [3.8, 4) is 0 Å². The van der Waals surface area contributed by atoms with Crippen molar-refractivity contribution in [3.05, 3.63) is 23.2 Å². The Morgan fingerprint density at radius 1 is 1.21 bits per heavy atom. The van der Waals surface area contributed by atoms with E-state index in [1.807, 2.05) is 36.9 Å². The van der Waals surface area contributed by atoms with Gasteiger partial charge in [0, 0.05) is 38.8 Å². The van der Waals surface area contributed by atoms with Crippen LogP contribution in [0.3, 0.4) is 0 Å². The largest absolute Gasteiger partial charge is 0.374 e. The summed E-state index contributed by atoms with van der Waals surface area (Å²) < 4.78 is 1.12. The Morgan fingerprint density at radius 3 is 2.54 bits per heavy atom. The van der Waals surface area contributed by atoms with Crippen LogP contribution in [0.25, 0.3) is 10.2 Å². The van der Waals surface area contributed by atoms with Gasteiger partial charge in [-0.05, 0) is 32.0 Å². The molecular formula is C17H22N4O2S. The lowest BCUT2D eigenvalue weighted by Gasteiger charge is -2.35. The number of hydrogen-bond donors (Lipinski definition) is 1. The van der Waals surface area contributed by atoms with E-state index < -0.39 is 0 Å². The molecule has 0 aliphatic carbocycles. The van der Waals surface area contributed by atoms with E-state index in [0.717, 1.165) is 20.9 Å². The summed E-state index contributed by atoms with van der Waals surface area (Å²) in [6.07, 6.45) is 0. The summed E-state index contributed by atoms with van der Waals surface area (Å²) in [5, 5.41) is 4.32. The van der Waals surface area contributed by atoms with E-state index in [0.29, 0.717) is 26.2 Å². The molecule has 7 heteroatoms. The number of piperazine rings is 1. The van der Waals surface area contributed by atoms with Crippen molar-refractivity contribution in [3.63, 3.8) is 0 Å². The molecule has 1 atom stereocenters. The van der Waals surface area contributed by atoms with Crippen molar-refractivity contribution in [2.24, 2.45) is 0 Å². The van der Waals surface area contributed by atoms with Crippen LogP contribution in [-0.4, -0.2) is 58.8 Å². The van der Waals surface area contributed by atoms with E-state index in [-0.39, 0.29) is 17.9 Å². The maximum atomic E-state index is 12.6. The minimum Gasteiger partial charge on any atom is -0.374 e. The number of nitrogens with zero attached hydrogens (tertiary/aromatic N) is 3. The molecule has 0 spiro atoms. The molecule has 6 nitrogen and oxygen atoms in total. The third-order valence-corrected chi connectivity index (χ3v) is 5.22. The van der Waals surface area contributed by atoms with Crippen LogP contribution >= 0.6 is 11.3 Å². The zero-order chi connectivity index (χ0) is 17.3. The molecule has 1 aliphatic rings. The summed E-state index contributed by atoms with van der Waals surface area (Å²) in [4.78, 5) is 32.0. The highest BCUT2D eigenvalue weighted by Crippen LogP contribution is 2.25. The number of anilines is 1. The fourth-order valence-electron chi connectivity index (χ4n) is 2.96. The number of carbonyl (C=O) groups excluding carboxylic acids is 2. The number of amides is 2. The average molecular weight is 346 g/mol. The van der Waals surface area contributed by atoms with Crippen LogP contribution in [-0.2, 0) is 9.59 Å².